The quantitative estimate of drug-likeness (QED) is 0.633. The number of oxazole rings is 1. The van der Waals surface area contributed by atoms with E-state index in [-0.39, 0.29) is 5.41 Å². The summed E-state index contributed by atoms with van der Waals surface area (Å²) in [6, 6.07) is 2.25. The molecule has 0 amide bonds. The third kappa shape index (κ3) is 0.845. The molecule has 1 fully saturated rings. The van der Waals surface area contributed by atoms with E-state index in [0.717, 1.165) is 24.3 Å². The van der Waals surface area contributed by atoms with E-state index in [0.29, 0.717) is 5.89 Å². The highest BCUT2D eigenvalue weighted by atomic mass is 16.4. The molecule has 0 atom stereocenters. The summed E-state index contributed by atoms with van der Waals surface area (Å²) in [5.41, 5.74) is 0.519. The van der Waals surface area contributed by atoms with Crippen LogP contribution in [0.4, 0.5) is 0 Å². The zero-order valence-corrected chi connectivity index (χ0v) is 7.22. The Labute approximate surface area is 71.0 Å². The highest BCUT2D eigenvalue weighted by Crippen LogP contribution is 2.47. The Bertz CT molecular complexity index is 336. The average molecular weight is 162 g/mol. The molecule has 0 spiro atoms. The lowest BCUT2D eigenvalue weighted by Gasteiger charge is -1.95. The number of aromatic nitrogens is 1. The summed E-state index contributed by atoms with van der Waals surface area (Å²) in [6.45, 7) is 3.77. The van der Waals surface area contributed by atoms with Crippen LogP contribution in [0.1, 0.15) is 30.2 Å². The molecule has 0 unspecified atom stereocenters. The van der Waals surface area contributed by atoms with Crippen molar-refractivity contribution >= 4 is 0 Å². The van der Waals surface area contributed by atoms with Gasteiger partial charge in [0.25, 0.3) is 0 Å². The Morgan fingerprint density at radius 2 is 2.17 bits per heavy atom. The lowest BCUT2D eigenvalue weighted by molar-refractivity contribution is 0.450. The second kappa shape index (κ2) is 2.10. The zero-order valence-electron chi connectivity index (χ0n) is 7.22. The molecule has 1 aromatic heterocycles. The van der Waals surface area contributed by atoms with E-state index in [1.54, 1.807) is 0 Å². The molecule has 0 radical (unpaired) electrons. The minimum atomic E-state index is -0.376. The number of hydrogen-bond donors (Lipinski definition) is 0. The minimum absolute atomic E-state index is 0.376. The van der Waals surface area contributed by atoms with Crippen molar-refractivity contribution in [3.05, 3.63) is 17.3 Å². The van der Waals surface area contributed by atoms with Gasteiger partial charge in [-0.05, 0) is 26.7 Å². The summed E-state index contributed by atoms with van der Waals surface area (Å²) < 4.78 is 5.40. The molecule has 0 saturated heterocycles. The van der Waals surface area contributed by atoms with Crippen molar-refractivity contribution in [3.8, 4) is 6.07 Å². The molecular weight excluding hydrogens is 152 g/mol. The lowest BCUT2D eigenvalue weighted by atomic mass is 10.1. The summed E-state index contributed by atoms with van der Waals surface area (Å²) >= 11 is 0. The van der Waals surface area contributed by atoms with Gasteiger partial charge in [0.05, 0.1) is 11.8 Å². The maximum atomic E-state index is 8.86. The SMILES string of the molecule is Cc1nc(C2(C#N)CC2)oc1C. The molecule has 0 N–H and O–H groups in total. The van der Waals surface area contributed by atoms with Crippen LogP contribution in [0, 0.1) is 25.2 Å². The maximum absolute atomic E-state index is 8.86. The Kier molecular flexibility index (Phi) is 1.29. The summed E-state index contributed by atoms with van der Waals surface area (Å²) in [5, 5.41) is 8.86. The first-order valence-electron chi connectivity index (χ1n) is 4.04. The summed E-state index contributed by atoms with van der Waals surface area (Å²) in [4.78, 5) is 4.23. The predicted molar refractivity (Wildman–Crippen MR) is 42.5 cm³/mol. The second-order valence-corrected chi connectivity index (χ2v) is 3.35. The minimum Gasteiger partial charge on any atom is -0.444 e. The van der Waals surface area contributed by atoms with Gasteiger partial charge in [0.1, 0.15) is 11.2 Å². The van der Waals surface area contributed by atoms with Crippen molar-refractivity contribution in [2.45, 2.75) is 32.1 Å². The number of aryl methyl sites for hydroxylation is 2. The largest absolute Gasteiger partial charge is 0.444 e. The Morgan fingerprint density at radius 1 is 1.50 bits per heavy atom. The van der Waals surface area contributed by atoms with E-state index < -0.39 is 0 Å². The molecule has 1 aliphatic rings. The Morgan fingerprint density at radius 3 is 2.50 bits per heavy atom. The fourth-order valence-electron chi connectivity index (χ4n) is 1.18. The van der Waals surface area contributed by atoms with Gasteiger partial charge in [-0.15, -0.1) is 0 Å². The van der Waals surface area contributed by atoms with Crippen LogP contribution in [0.25, 0.3) is 0 Å². The highest BCUT2D eigenvalue weighted by Gasteiger charge is 2.49. The van der Waals surface area contributed by atoms with Crippen molar-refractivity contribution in [2.24, 2.45) is 0 Å². The number of nitrogens with zero attached hydrogens (tertiary/aromatic N) is 2. The fourth-order valence-corrected chi connectivity index (χ4v) is 1.18. The number of rotatable bonds is 1. The molecule has 1 aromatic rings. The molecule has 12 heavy (non-hydrogen) atoms. The topological polar surface area (TPSA) is 49.8 Å². The normalized spacial score (nSPS) is 18.8. The summed E-state index contributed by atoms with van der Waals surface area (Å²) in [7, 11) is 0. The molecule has 3 nitrogen and oxygen atoms in total. The maximum Gasteiger partial charge on any atom is 0.215 e. The molecule has 0 aliphatic heterocycles. The van der Waals surface area contributed by atoms with Gasteiger partial charge in [-0.2, -0.15) is 5.26 Å². The number of hydrogen-bond acceptors (Lipinski definition) is 3. The highest BCUT2D eigenvalue weighted by molar-refractivity contribution is 5.29. The average Bonchev–Trinajstić information content (AvgIpc) is 2.77. The van der Waals surface area contributed by atoms with Crippen molar-refractivity contribution in [3.63, 3.8) is 0 Å². The van der Waals surface area contributed by atoms with Gasteiger partial charge in [0, 0.05) is 0 Å². The lowest BCUT2D eigenvalue weighted by Crippen LogP contribution is -2.02. The first-order valence-corrected chi connectivity index (χ1v) is 4.04. The van der Waals surface area contributed by atoms with Crippen molar-refractivity contribution in [1.29, 1.82) is 5.26 Å². The fraction of sp³-hybridized carbons (Fsp3) is 0.556. The molecule has 62 valence electrons. The molecular formula is C9H10N2O. The standard InChI is InChI=1S/C9H10N2O/c1-6-7(2)12-8(11-6)9(5-10)3-4-9/h3-4H2,1-2H3. The van der Waals surface area contributed by atoms with Gasteiger partial charge in [-0.1, -0.05) is 0 Å². The van der Waals surface area contributed by atoms with Gasteiger partial charge >= 0.3 is 0 Å². The van der Waals surface area contributed by atoms with E-state index in [2.05, 4.69) is 11.1 Å². The van der Waals surface area contributed by atoms with E-state index >= 15 is 0 Å². The molecule has 1 saturated carbocycles. The Hall–Kier alpha value is -1.30. The van der Waals surface area contributed by atoms with Crippen molar-refractivity contribution in [2.75, 3.05) is 0 Å². The van der Waals surface area contributed by atoms with Gasteiger partial charge in [0.2, 0.25) is 5.89 Å². The third-order valence-corrected chi connectivity index (χ3v) is 2.40. The second-order valence-electron chi connectivity index (χ2n) is 3.35. The summed E-state index contributed by atoms with van der Waals surface area (Å²) in [6.07, 6.45) is 1.78. The first-order chi connectivity index (χ1) is 5.68. The van der Waals surface area contributed by atoms with Crippen LogP contribution in [0.5, 0.6) is 0 Å². The van der Waals surface area contributed by atoms with E-state index in [1.807, 2.05) is 13.8 Å². The predicted octanol–water partition coefficient (Wildman–Crippen LogP) is 1.85. The van der Waals surface area contributed by atoms with Crippen LogP contribution in [-0.2, 0) is 5.41 Å². The zero-order chi connectivity index (χ0) is 8.77. The van der Waals surface area contributed by atoms with Gasteiger partial charge in [-0.25, -0.2) is 4.98 Å². The van der Waals surface area contributed by atoms with E-state index in [9.17, 15) is 0 Å². The van der Waals surface area contributed by atoms with Crippen molar-refractivity contribution in [1.82, 2.24) is 4.98 Å². The van der Waals surface area contributed by atoms with Crippen LogP contribution >= 0.6 is 0 Å². The van der Waals surface area contributed by atoms with Gasteiger partial charge in [0.15, 0.2) is 0 Å². The molecule has 2 rings (SSSR count). The van der Waals surface area contributed by atoms with E-state index in [1.165, 1.54) is 0 Å². The molecule has 3 heteroatoms. The van der Waals surface area contributed by atoms with Gasteiger partial charge < -0.3 is 4.42 Å². The van der Waals surface area contributed by atoms with Gasteiger partial charge in [-0.3, -0.25) is 0 Å². The molecule has 0 aromatic carbocycles. The Balaban J connectivity index is 2.43. The summed E-state index contributed by atoms with van der Waals surface area (Å²) in [5.74, 6) is 1.44. The van der Waals surface area contributed by atoms with Crippen LogP contribution in [-0.4, -0.2) is 4.98 Å². The smallest absolute Gasteiger partial charge is 0.215 e. The third-order valence-electron chi connectivity index (χ3n) is 2.40. The number of nitriles is 1. The molecule has 0 bridgehead atoms. The molecule has 1 heterocycles. The van der Waals surface area contributed by atoms with E-state index in [4.69, 9.17) is 9.68 Å². The first kappa shape index (κ1) is 7.35. The van der Waals surface area contributed by atoms with Crippen LogP contribution < -0.4 is 0 Å². The van der Waals surface area contributed by atoms with Crippen LogP contribution in [0.3, 0.4) is 0 Å². The molecule has 1 aliphatic carbocycles. The monoisotopic (exact) mass is 162 g/mol. The van der Waals surface area contributed by atoms with Crippen LogP contribution in [0.2, 0.25) is 0 Å². The van der Waals surface area contributed by atoms with Crippen LogP contribution in [0.15, 0.2) is 4.42 Å². The van der Waals surface area contributed by atoms with Crippen molar-refractivity contribution < 1.29 is 4.42 Å².